The summed E-state index contributed by atoms with van der Waals surface area (Å²) in [6.45, 7) is -0.252. The van der Waals surface area contributed by atoms with Crippen LogP contribution in [0.4, 0.5) is 0 Å². The van der Waals surface area contributed by atoms with Crippen LogP contribution in [-0.2, 0) is 11.2 Å². The maximum absolute atomic E-state index is 10.8. The molecule has 0 saturated heterocycles. The number of primary amides is 1. The van der Waals surface area contributed by atoms with Crippen molar-refractivity contribution in [1.29, 1.82) is 0 Å². The first kappa shape index (κ1) is 18.1. The standard InChI is InChI=1S/C18H15Cl2N3O3/c19-14-7-12(26-9-18(21)25)8-15(20)13(14)5-11-1-2-17(24)16(6-11)23-4-3-22-10-23/h1-4,6-8,10,24H,5,9H2,(H2,21,25). The molecular formula is C18H15Cl2N3O3. The molecule has 0 saturated carbocycles. The lowest BCUT2D eigenvalue weighted by Crippen LogP contribution is -2.20. The number of carbonyl (C=O) groups excluding carboxylic acids is 1. The molecular weight excluding hydrogens is 377 g/mol. The largest absolute Gasteiger partial charge is 0.506 e. The van der Waals surface area contributed by atoms with Crippen LogP contribution in [0.3, 0.4) is 0 Å². The smallest absolute Gasteiger partial charge is 0.255 e. The van der Waals surface area contributed by atoms with Crippen LogP contribution in [0.2, 0.25) is 10.0 Å². The van der Waals surface area contributed by atoms with Gasteiger partial charge in [0.2, 0.25) is 0 Å². The summed E-state index contributed by atoms with van der Waals surface area (Å²) in [5.41, 5.74) is 7.28. The Labute approximate surface area is 159 Å². The van der Waals surface area contributed by atoms with Crippen molar-refractivity contribution in [1.82, 2.24) is 9.55 Å². The monoisotopic (exact) mass is 391 g/mol. The Balaban J connectivity index is 1.87. The number of rotatable bonds is 6. The molecule has 1 amide bonds. The lowest BCUT2D eigenvalue weighted by molar-refractivity contribution is -0.119. The minimum atomic E-state index is -0.586. The van der Waals surface area contributed by atoms with Crippen LogP contribution < -0.4 is 10.5 Å². The van der Waals surface area contributed by atoms with Crippen LogP contribution in [0.15, 0.2) is 49.1 Å². The number of halogens is 2. The fourth-order valence-electron chi connectivity index (χ4n) is 2.48. The number of phenolic OH excluding ortho intramolecular Hbond substituents is 1. The predicted octanol–water partition coefficient (Wildman–Crippen LogP) is 3.34. The van der Waals surface area contributed by atoms with E-state index < -0.39 is 5.91 Å². The summed E-state index contributed by atoms with van der Waals surface area (Å²) in [4.78, 5) is 14.8. The summed E-state index contributed by atoms with van der Waals surface area (Å²) >= 11 is 12.7. The van der Waals surface area contributed by atoms with Crippen LogP contribution in [0.5, 0.6) is 11.5 Å². The van der Waals surface area contributed by atoms with Crippen LogP contribution in [0, 0.1) is 0 Å². The highest BCUT2D eigenvalue weighted by atomic mass is 35.5. The molecule has 6 nitrogen and oxygen atoms in total. The van der Waals surface area contributed by atoms with Gasteiger partial charge in [0.15, 0.2) is 6.61 Å². The van der Waals surface area contributed by atoms with Gasteiger partial charge in [-0.1, -0.05) is 29.3 Å². The lowest BCUT2D eigenvalue weighted by atomic mass is 10.0. The van der Waals surface area contributed by atoms with Gasteiger partial charge >= 0.3 is 0 Å². The molecule has 0 unspecified atom stereocenters. The van der Waals surface area contributed by atoms with E-state index >= 15 is 0 Å². The van der Waals surface area contributed by atoms with E-state index in [9.17, 15) is 9.90 Å². The number of imidazole rings is 1. The molecule has 0 bridgehead atoms. The molecule has 2 aromatic carbocycles. The summed E-state index contributed by atoms with van der Waals surface area (Å²) in [5.74, 6) is -0.0797. The summed E-state index contributed by atoms with van der Waals surface area (Å²) in [6.07, 6.45) is 5.42. The molecule has 0 atom stereocenters. The van der Waals surface area contributed by atoms with E-state index in [4.69, 9.17) is 33.7 Å². The molecule has 0 spiro atoms. The first-order valence-corrected chi connectivity index (χ1v) is 8.39. The molecule has 0 fully saturated rings. The van der Waals surface area contributed by atoms with Gasteiger partial charge in [-0.2, -0.15) is 0 Å². The Bertz CT molecular complexity index is 920. The van der Waals surface area contributed by atoms with Crippen molar-refractivity contribution in [2.24, 2.45) is 5.73 Å². The number of phenols is 1. The third-order valence-electron chi connectivity index (χ3n) is 3.70. The van der Waals surface area contributed by atoms with Gasteiger partial charge in [-0.15, -0.1) is 0 Å². The van der Waals surface area contributed by atoms with Crippen molar-refractivity contribution in [3.8, 4) is 17.2 Å². The second-order valence-electron chi connectivity index (χ2n) is 5.59. The topological polar surface area (TPSA) is 90.4 Å². The third-order valence-corrected chi connectivity index (χ3v) is 4.37. The van der Waals surface area contributed by atoms with Gasteiger partial charge in [-0.3, -0.25) is 4.79 Å². The van der Waals surface area contributed by atoms with E-state index in [1.165, 1.54) is 0 Å². The molecule has 0 aliphatic carbocycles. The summed E-state index contributed by atoms with van der Waals surface area (Å²) < 4.78 is 6.94. The van der Waals surface area contributed by atoms with Gasteiger partial charge in [0.25, 0.3) is 5.91 Å². The molecule has 134 valence electrons. The van der Waals surface area contributed by atoms with E-state index in [1.54, 1.807) is 47.6 Å². The van der Waals surface area contributed by atoms with Gasteiger partial charge in [0, 0.05) is 28.9 Å². The molecule has 3 aromatic rings. The zero-order valence-corrected chi connectivity index (χ0v) is 15.0. The maximum Gasteiger partial charge on any atom is 0.255 e. The van der Waals surface area contributed by atoms with Gasteiger partial charge in [-0.25, -0.2) is 4.98 Å². The molecule has 3 rings (SSSR count). The number of aromatic hydroxyl groups is 1. The van der Waals surface area contributed by atoms with E-state index in [-0.39, 0.29) is 12.4 Å². The Morgan fingerprint density at radius 1 is 1.23 bits per heavy atom. The second-order valence-corrected chi connectivity index (χ2v) is 6.40. The van der Waals surface area contributed by atoms with Crippen molar-refractivity contribution in [3.63, 3.8) is 0 Å². The van der Waals surface area contributed by atoms with Crippen molar-refractivity contribution < 1.29 is 14.6 Å². The van der Waals surface area contributed by atoms with E-state index in [0.29, 0.717) is 33.5 Å². The minimum absolute atomic E-state index is 0.138. The minimum Gasteiger partial charge on any atom is -0.506 e. The van der Waals surface area contributed by atoms with E-state index in [0.717, 1.165) is 5.56 Å². The number of nitrogens with zero attached hydrogens (tertiary/aromatic N) is 2. The predicted molar refractivity (Wildman–Crippen MR) is 99.2 cm³/mol. The summed E-state index contributed by atoms with van der Waals surface area (Å²) in [7, 11) is 0. The maximum atomic E-state index is 10.8. The van der Waals surface area contributed by atoms with Crippen molar-refractivity contribution in [2.75, 3.05) is 6.61 Å². The summed E-state index contributed by atoms with van der Waals surface area (Å²) in [5, 5.41) is 10.9. The molecule has 1 aromatic heterocycles. The lowest BCUT2D eigenvalue weighted by Gasteiger charge is -2.12. The van der Waals surface area contributed by atoms with Crippen molar-refractivity contribution in [2.45, 2.75) is 6.42 Å². The number of nitrogens with two attached hydrogens (primary N) is 1. The normalized spacial score (nSPS) is 10.7. The second kappa shape index (κ2) is 7.68. The Morgan fingerprint density at radius 3 is 2.58 bits per heavy atom. The molecule has 1 heterocycles. The highest BCUT2D eigenvalue weighted by molar-refractivity contribution is 6.36. The fraction of sp³-hybridized carbons (Fsp3) is 0.111. The van der Waals surface area contributed by atoms with Gasteiger partial charge in [-0.05, 0) is 35.4 Å². The van der Waals surface area contributed by atoms with Gasteiger partial charge in [0.05, 0.1) is 12.0 Å². The highest BCUT2D eigenvalue weighted by Gasteiger charge is 2.12. The van der Waals surface area contributed by atoms with Crippen LogP contribution >= 0.6 is 23.2 Å². The number of aromatic nitrogens is 2. The molecule has 0 aliphatic heterocycles. The van der Waals surface area contributed by atoms with Crippen molar-refractivity contribution >= 4 is 29.1 Å². The average Bonchev–Trinajstić information content (AvgIpc) is 3.12. The highest BCUT2D eigenvalue weighted by Crippen LogP contribution is 2.33. The Hall–Kier alpha value is -2.70. The van der Waals surface area contributed by atoms with Crippen LogP contribution in [-0.4, -0.2) is 27.2 Å². The molecule has 0 radical (unpaired) electrons. The molecule has 8 heteroatoms. The van der Waals surface area contributed by atoms with E-state index in [1.807, 2.05) is 6.07 Å². The Morgan fingerprint density at radius 2 is 1.96 bits per heavy atom. The number of benzene rings is 2. The van der Waals surface area contributed by atoms with Crippen LogP contribution in [0.25, 0.3) is 5.69 Å². The summed E-state index contributed by atoms with van der Waals surface area (Å²) in [6, 6.07) is 8.41. The Kier molecular flexibility index (Phi) is 5.35. The van der Waals surface area contributed by atoms with Gasteiger partial charge < -0.3 is 20.1 Å². The zero-order chi connectivity index (χ0) is 18.7. The average molecular weight is 392 g/mol. The quantitative estimate of drug-likeness (QED) is 0.673. The molecule has 26 heavy (non-hydrogen) atoms. The fourth-order valence-corrected chi connectivity index (χ4v) is 3.08. The molecule has 3 N–H and O–H groups in total. The van der Waals surface area contributed by atoms with E-state index in [2.05, 4.69) is 4.98 Å². The molecule has 0 aliphatic rings. The number of hydrogen-bond acceptors (Lipinski definition) is 4. The number of amides is 1. The number of hydrogen-bond donors (Lipinski definition) is 2. The number of carbonyl (C=O) groups is 1. The van der Waals surface area contributed by atoms with Crippen LogP contribution in [0.1, 0.15) is 11.1 Å². The van der Waals surface area contributed by atoms with Gasteiger partial charge in [0.1, 0.15) is 11.5 Å². The SMILES string of the molecule is NC(=O)COc1cc(Cl)c(Cc2ccc(O)c(-n3ccnc3)c2)c(Cl)c1. The zero-order valence-electron chi connectivity index (χ0n) is 13.5. The number of ether oxygens (including phenoxy) is 1. The first-order chi connectivity index (χ1) is 12.4. The van der Waals surface area contributed by atoms with Crippen molar-refractivity contribution in [3.05, 3.63) is 70.2 Å². The third kappa shape index (κ3) is 4.09. The first-order valence-electron chi connectivity index (χ1n) is 7.63.